The largest absolute Gasteiger partial charge is 0.489 e. The van der Waals surface area contributed by atoms with Crippen molar-refractivity contribution in [3.8, 4) is 5.75 Å². The molecule has 0 aliphatic carbocycles. The van der Waals surface area contributed by atoms with Gasteiger partial charge in [-0.2, -0.15) is 0 Å². The van der Waals surface area contributed by atoms with Crippen LogP contribution in [0.5, 0.6) is 5.75 Å². The molecular weight excluding hydrogens is 282 g/mol. The molecule has 112 valence electrons. The molecule has 0 unspecified atom stereocenters. The van der Waals surface area contributed by atoms with Crippen LogP contribution in [-0.4, -0.2) is 12.6 Å². The second-order valence-electron chi connectivity index (χ2n) is 5.19. The average Bonchev–Trinajstić information content (AvgIpc) is 2.48. The number of rotatable bonds is 7. The van der Waals surface area contributed by atoms with Crippen molar-refractivity contribution < 1.29 is 4.74 Å². The van der Waals surface area contributed by atoms with Gasteiger partial charge in [-0.15, -0.1) is 0 Å². The maximum Gasteiger partial charge on any atom is 0.120 e. The van der Waals surface area contributed by atoms with E-state index in [0.717, 1.165) is 35.8 Å². The third kappa shape index (κ3) is 5.07. The first-order chi connectivity index (χ1) is 10.2. The number of ether oxygens (including phenoxy) is 1. The second kappa shape index (κ2) is 8.06. The van der Waals surface area contributed by atoms with E-state index in [9.17, 15) is 0 Å². The normalized spacial score (nSPS) is 12.1. The molecule has 0 spiro atoms. The van der Waals surface area contributed by atoms with Crippen molar-refractivity contribution in [2.75, 3.05) is 6.54 Å². The molecule has 0 aromatic heterocycles. The van der Waals surface area contributed by atoms with Crippen LogP contribution in [-0.2, 0) is 6.54 Å². The number of hydrogen-bond acceptors (Lipinski definition) is 2. The van der Waals surface area contributed by atoms with Gasteiger partial charge in [0.05, 0.1) is 0 Å². The summed E-state index contributed by atoms with van der Waals surface area (Å²) in [7, 11) is 0. The van der Waals surface area contributed by atoms with E-state index < -0.39 is 0 Å². The van der Waals surface area contributed by atoms with E-state index in [1.165, 1.54) is 5.56 Å². The van der Waals surface area contributed by atoms with Crippen molar-refractivity contribution in [1.82, 2.24) is 5.32 Å². The summed E-state index contributed by atoms with van der Waals surface area (Å²) in [5.41, 5.74) is 2.33. The van der Waals surface area contributed by atoms with Crippen molar-refractivity contribution >= 4 is 11.6 Å². The Kier molecular flexibility index (Phi) is 6.09. The minimum atomic E-state index is 0.161. The highest BCUT2D eigenvalue weighted by Gasteiger charge is 2.08. The van der Waals surface area contributed by atoms with Crippen LogP contribution < -0.4 is 10.1 Å². The predicted octanol–water partition coefficient (Wildman–Crippen LogP) is 4.60. The molecule has 0 saturated carbocycles. The van der Waals surface area contributed by atoms with Gasteiger partial charge in [-0.1, -0.05) is 48.9 Å². The molecule has 0 amide bonds. The Labute approximate surface area is 132 Å². The molecule has 0 fully saturated rings. The van der Waals surface area contributed by atoms with Crippen LogP contribution in [0.25, 0.3) is 0 Å². The molecular formula is C18H22ClNO. The predicted molar refractivity (Wildman–Crippen MR) is 89.0 cm³/mol. The van der Waals surface area contributed by atoms with Crippen LogP contribution in [0.3, 0.4) is 0 Å². The van der Waals surface area contributed by atoms with E-state index in [2.05, 4.69) is 31.3 Å². The van der Waals surface area contributed by atoms with Crippen LogP contribution in [0.4, 0.5) is 0 Å². The standard InChI is InChI=1S/C18H22ClNO/c1-3-16(21-17-9-6-7-14(2)11-17)13-20-12-15-8-4-5-10-18(15)19/h4-11,16,20H,3,12-13H2,1-2H3/t16-/m1/s1. The van der Waals surface area contributed by atoms with Crippen LogP contribution >= 0.6 is 11.6 Å². The summed E-state index contributed by atoms with van der Waals surface area (Å²) < 4.78 is 6.02. The zero-order chi connectivity index (χ0) is 15.1. The lowest BCUT2D eigenvalue weighted by Gasteiger charge is -2.18. The number of benzene rings is 2. The third-order valence-corrected chi connectivity index (χ3v) is 3.76. The van der Waals surface area contributed by atoms with Crippen molar-refractivity contribution in [2.24, 2.45) is 0 Å². The van der Waals surface area contributed by atoms with Crippen LogP contribution in [0.15, 0.2) is 48.5 Å². The van der Waals surface area contributed by atoms with Gasteiger partial charge in [0, 0.05) is 18.1 Å². The molecule has 2 rings (SSSR count). The molecule has 2 nitrogen and oxygen atoms in total. The molecule has 2 aromatic rings. The molecule has 0 radical (unpaired) electrons. The fourth-order valence-corrected chi connectivity index (χ4v) is 2.36. The Morgan fingerprint density at radius 1 is 1.14 bits per heavy atom. The molecule has 1 N–H and O–H groups in total. The van der Waals surface area contributed by atoms with Crippen molar-refractivity contribution in [3.63, 3.8) is 0 Å². The Morgan fingerprint density at radius 3 is 2.67 bits per heavy atom. The topological polar surface area (TPSA) is 21.3 Å². The van der Waals surface area contributed by atoms with E-state index in [4.69, 9.17) is 16.3 Å². The number of nitrogens with one attached hydrogen (secondary N) is 1. The fourth-order valence-electron chi connectivity index (χ4n) is 2.16. The smallest absolute Gasteiger partial charge is 0.120 e. The van der Waals surface area contributed by atoms with E-state index in [0.29, 0.717) is 0 Å². The lowest BCUT2D eigenvalue weighted by Crippen LogP contribution is -2.30. The highest BCUT2D eigenvalue weighted by atomic mass is 35.5. The lowest BCUT2D eigenvalue weighted by atomic mass is 10.2. The van der Waals surface area contributed by atoms with Crippen molar-refractivity contribution in [2.45, 2.75) is 32.9 Å². The molecule has 0 heterocycles. The van der Waals surface area contributed by atoms with E-state index in [1.807, 2.05) is 36.4 Å². The summed E-state index contributed by atoms with van der Waals surface area (Å²) >= 11 is 6.15. The first kappa shape index (κ1) is 15.9. The maximum atomic E-state index is 6.15. The lowest BCUT2D eigenvalue weighted by molar-refractivity contribution is 0.193. The first-order valence-electron chi connectivity index (χ1n) is 7.36. The molecule has 0 aliphatic rings. The average molecular weight is 304 g/mol. The summed E-state index contributed by atoms with van der Waals surface area (Å²) in [6.07, 6.45) is 1.12. The van der Waals surface area contributed by atoms with Gasteiger partial charge in [-0.05, 0) is 42.7 Å². The Bertz CT molecular complexity index is 571. The summed E-state index contributed by atoms with van der Waals surface area (Å²) in [6, 6.07) is 16.1. The Balaban J connectivity index is 1.84. The quantitative estimate of drug-likeness (QED) is 0.807. The van der Waals surface area contributed by atoms with Crippen LogP contribution in [0, 0.1) is 6.92 Å². The van der Waals surface area contributed by atoms with Gasteiger partial charge in [-0.3, -0.25) is 0 Å². The van der Waals surface area contributed by atoms with Gasteiger partial charge in [-0.25, -0.2) is 0 Å². The Morgan fingerprint density at radius 2 is 1.95 bits per heavy atom. The number of halogens is 1. The van der Waals surface area contributed by atoms with E-state index >= 15 is 0 Å². The SMILES string of the molecule is CC[C@H](CNCc1ccccc1Cl)Oc1cccc(C)c1. The third-order valence-electron chi connectivity index (χ3n) is 3.39. The van der Waals surface area contributed by atoms with Crippen molar-refractivity contribution in [3.05, 3.63) is 64.7 Å². The molecule has 0 bridgehead atoms. The second-order valence-corrected chi connectivity index (χ2v) is 5.59. The van der Waals surface area contributed by atoms with Gasteiger partial charge in [0.25, 0.3) is 0 Å². The molecule has 2 aromatic carbocycles. The number of hydrogen-bond donors (Lipinski definition) is 1. The van der Waals surface area contributed by atoms with E-state index in [-0.39, 0.29) is 6.10 Å². The fraction of sp³-hybridized carbons (Fsp3) is 0.333. The summed E-state index contributed by atoms with van der Waals surface area (Å²) in [4.78, 5) is 0. The first-order valence-corrected chi connectivity index (χ1v) is 7.74. The van der Waals surface area contributed by atoms with Gasteiger partial charge in [0.15, 0.2) is 0 Å². The number of aryl methyl sites for hydroxylation is 1. The molecule has 3 heteroatoms. The maximum absolute atomic E-state index is 6.15. The van der Waals surface area contributed by atoms with Gasteiger partial charge < -0.3 is 10.1 Å². The molecule has 21 heavy (non-hydrogen) atoms. The van der Waals surface area contributed by atoms with Gasteiger partial charge in [0.1, 0.15) is 11.9 Å². The van der Waals surface area contributed by atoms with E-state index in [1.54, 1.807) is 0 Å². The molecule has 0 aliphatic heterocycles. The highest BCUT2D eigenvalue weighted by Crippen LogP contribution is 2.16. The molecule has 1 atom stereocenters. The Hall–Kier alpha value is -1.51. The zero-order valence-electron chi connectivity index (χ0n) is 12.6. The van der Waals surface area contributed by atoms with Gasteiger partial charge >= 0.3 is 0 Å². The van der Waals surface area contributed by atoms with Crippen LogP contribution in [0.2, 0.25) is 5.02 Å². The van der Waals surface area contributed by atoms with Crippen LogP contribution in [0.1, 0.15) is 24.5 Å². The highest BCUT2D eigenvalue weighted by molar-refractivity contribution is 6.31. The van der Waals surface area contributed by atoms with Crippen molar-refractivity contribution in [1.29, 1.82) is 0 Å². The summed E-state index contributed by atoms with van der Waals surface area (Å²) in [6.45, 7) is 5.77. The molecule has 0 saturated heterocycles. The summed E-state index contributed by atoms with van der Waals surface area (Å²) in [5, 5.41) is 4.22. The minimum absolute atomic E-state index is 0.161. The summed E-state index contributed by atoms with van der Waals surface area (Å²) in [5.74, 6) is 0.932. The van der Waals surface area contributed by atoms with Gasteiger partial charge in [0.2, 0.25) is 0 Å². The zero-order valence-corrected chi connectivity index (χ0v) is 13.4. The monoisotopic (exact) mass is 303 g/mol. The minimum Gasteiger partial charge on any atom is -0.489 e.